The summed E-state index contributed by atoms with van der Waals surface area (Å²) in [6.07, 6.45) is 2.69. The van der Waals surface area contributed by atoms with Crippen molar-refractivity contribution < 1.29 is 4.79 Å². The van der Waals surface area contributed by atoms with Crippen LogP contribution in [0.3, 0.4) is 0 Å². The smallest absolute Gasteiger partial charge is 0.259 e. The first kappa shape index (κ1) is 18.4. The second-order valence-electron chi connectivity index (χ2n) is 6.90. The Kier molecular flexibility index (Phi) is 4.77. The zero-order valence-electron chi connectivity index (χ0n) is 16.1. The number of aryl methyl sites for hydroxylation is 4. The van der Waals surface area contributed by atoms with Gasteiger partial charge in [0.05, 0.1) is 5.39 Å². The summed E-state index contributed by atoms with van der Waals surface area (Å²) in [7, 11) is 0. The van der Waals surface area contributed by atoms with E-state index in [0.717, 1.165) is 38.4 Å². The van der Waals surface area contributed by atoms with Crippen molar-refractivity contribution in [2.45, 2.75) is 40.2 Å². The molecule has 0 aliphatic rings. The number of carbonyl (C=O) groups is 1. The Morgan fingerprint density at radius 1 is 1.29 bits per heavy atom. The number of H-pyrrole nitrogens is 1. The molecule has 1 amide bonds. The molecule has 2 N–H and O–H groups in total. The van der Waals surface area contributed by atoms with E-state index in [-0.39, 0.29) is 17.9 Å². The molecule has 0 aliphatic heterocycles. The van der Waals surface area contributed by atoms with Crippen LogP contribution in [0.2, 0.25) is 0 Å². The molecule has 0 spiro atoms. The Morgan fingerprint density at radius 3 is 2.89 bits per heavy atom. The zero-order valence-corrected chi connectivity index (χ0v) is 16.9. The number of rotatable bonds is 5. The van der Waals surface area contributed by atoms with Gasteiger partial charge >= 0.3 is 0 Å². The highest BCUT2D eigenvalue weighted by molar-refractivity contribution is 7.18. The van der Waals surface area contributed by atoms with E-state index in [1.165, 1.54) is 11.3 Å². The van der Waals surface area contributed by atoms with E-state index in [0.29, 0.717) is 17.6 Å². The van der Waals surface area contributed by atoms with Gasteiger partial charge < -0.3 is 14.9 Å². The Balaban J connectivity index is 1.46. The third-order valence-corrected chi connectivity index (χ3v) is 6.17. The lowest BCUT2D eigenvalue weighted by molar-refractivity contribution is -0.116. The van der Waals surface area contributed by atoms with Gasteiger partial charge in [0.15, 0.2) is 0 Å². The number of thiophene rings is 1. The highest BCUT2D eigenvalue weighted by Crippen LogP contribution is 2.26. The molecule has 0 unspecified atom stereocenters. The van der Waals surface area contributed by atoms with Gasteiger partial charge in [-0.3, -0.25) is 9.59 Å². The number of hydrogen-bond donors (Lipinski definition) is 2. The fourth-order valence-electron chi connectivity index (χ4n) is 3.43. The number of anilines is 1. The third-order valence-electron chi connectivity index (χ3n) is 5.07. The van der Waals surface area contributed by atoms with Crippen molar-refractivity contribution in [1.82, 2.24) is 14.5 Å². The first-order valence-corrected chi connectivity index (χ1v) is 10.2. The normalized spacial score (nSPS) is 11.4. The van der Waals surface area contributed by atoms with Gasteiger partial charge in [0, 0.05) is 47.1 Å². The number of hydrogen-bond acceptors (Lipinski definition) is 4. The highest BCUT2D eigenvalue weighted by atomic mass is 32.1. The topological polar surface area (TPSA) is 79.8 Å². The van der Waals surface area contributed by atoms with Crippen molar-refractivity contribution >= 4 is 44.1 Å². The van der Waals surface area contributed by atoms with E-state index in [9.17, 15) is 9.59 Å². The number of nitrogens with one attached hydrogen (secondary N) is 2. The molecule has 1 aromatic carbocycles. The van der Waals surface area contributed by atoms with Crippen LogP contribution < -0.4 is 10.9 Å². The number of fused-ring (bicyclic) bond motifs is 2. The first-order valence-electron chi connectivity index (χ1n) is 9.34. The predicted octanol–water partition coefficient (Wildman–Crippen LogP) is 4.15. The van der Waals surface area contributed by atoms with Gasteiger partial charge in [-0.1, -0.05) is 0 Å². The predicted molar refractivity (Wildman–Crippen MR) is 114 cm³/mol. The van der Waals surface area contributed by atoms with Crippen LogP contribution in [0.15, 0.2) is 35.3 Å². The molecule has 3 heterocycles. The summed E-state index contributed by atoms with van der Waals surface area (Å²) in [4.78, 5) is 33.9. The van der Waals surface area contributed by atoms with Crippen LogP contribution in [0.25, 0.3) is 21.1 Å². The molecule has 3 aromatic heterocycles. The first-order chi connectivity index (χ1) is 13.5. The van der Waals surface area contributed by atoms with Gasteiger partial charge in [0.25, 0.3) is 5.56 Å². The standard InChI is InChI=1S/C21H22N4O2S/c1-4-25-10-9-14-11-15(5-6-16(14)25)22-18(26)8-7-17-23-20(27)19-12(2)13(3)28-21(19)24-17/h5-6,9-11H,4,7-8H2,1-3H3,(H,22,26)(H,23,24,27). The van der Waals surface area contributed by atoms with Crippen molar-refractivity contribution in [3.63, 3.8) is 0 Å². The number of benzene rings is 1. The molecule has 6 nitrogen and oxygen atoms in total. The minimum Gasteiger partial charge on any atom is -0.348 e. The van der Waals surface area contributed by atoms with Crippen molar-refractivity contribution in [3.05, 3.63) is 57.1 Å². The summed E-state index contributed by atoms with van der Waals surface area (Å²) in [5, 5.41) is 4.68. The average Bonchev–Trinajstić information content (AvgIpc) is 3.20. The van der Waals surface area contributed by atoms with Crippen LogP contribution in [0.5, 0.6) is 0 Å². The molecule has 0 saturated heterocycles. The Bertz CT molecular complexity index is 1250. The molecule has 0 saturated carbocycles. The minimum absolute atomic E-state index is 0.101. The molecule has 7 heteroatoms. The number of aromatic nitrogens is 3. The fourth-order valence-corrected chi connectivity index (χ4v) is 4.48. The Labute approximate surface area is 166 Å². The molecule has 4 rings (SSSR count). The van der Waals surface area contributed by atoms with Gasteiger partial charge in [-0.15, -0.1) is 11.3 Å². The number of carbonyl (C=O) groups excluding carboxylic acids is 1. The van der Waals surface area contributed by atoms with Gasteiger partial charge in [-0.25, -0.2) is 4.98 Å². The largest absolute Gasteiger partial charge is 0.348 e. The lowest BCUT2D eigenvalue weighted by Gasteiger charge is -2.07. The lowest BCUT2D eigenvalue weighted by Crippen LogP contribution is -2.16. The van der Waals surface area contributed by atoms with Gasteiger partial charge in [0.1, 0.15) is 10.7 Å². The maximum Gasteiger partial charge on any atom is 0.259 e. The molecule has 0 atom stereocenters. The number of nitrogens with zero attached hydrogens (tertiary/aromatic N) is 2. The molecule has 0 aliphatic carbocycles. The second kappa shape index (κ2) is 7.24. The van der Waals surface area contributed by atoms with E-state index in [2.05, 4.69) is 26.8 Å². The minimum atomic E-state index is -0.131. The second-order valence-corrected chi connectivity index (χ2v) is 8.10. The summed E-state index contributed by atoms with van der Waals surface area (Å²) in [6, 6.07) is 7.95. The number of amides is 1. The average molecular weight is 395 g/mol. The van der Waals surface area contributed by atoms with Gasteiger partial charge in [-0.2, -0.15) is 0 Å². The van der Waals surface area contributed by atoms with Gasteiger partial charge in [0.2, 0.25) is 5.91 Å². The quantitative estimate of drug-likeness (QED) is 0.534. The van der Waals surface area contributed by atoms with Crippen LogP contribution in [0, 0.1) is 13.8 Å². The van der Waals surface area contributed by atoms with Gasteiger partial charge in [-0.05, 0) is 50.6 Å². The van der Waals surface area contributed by atoms with Crippen molar-refractivity contribution in [3.8, 4) is 0 Å². The van der Waals surface area contributed by atoms with Crippen molar-refractivity contribution in [2.24, 2.45) is 0 Å². The molecular weight excluding hydrogens is 372 g/mol. The molecule has 0 radical (unpaired) electrons. The van der Waals surface area contributed by atoms with Crippen LogP contribution >= 0.6 is 11.3 Å². The van der Waals surface area contributed by atoms with Crippen LogP contribution in [0.1, 0.15) is 29.6 Å². The third kappa shape index (κ3) is 3.33. The van der Waals surface area contributed by atoms with E-state index < -0.39 is 0 Å². The van der Waals surface area contributed by atoms with Crippen LogP contribution in [0.4, 0.5) is 5.69 Å². The maximum absolute atomic E-state index is 12.4. The zero-order chi connectivity index (χ0) is 19.8. The van der Waals surface area contributed by atoms with E-state index in [4.69, 9.17) is 0 Å². The summed E-state index contributed by atoms with van der Waals surface area (Å²) in [5.74, 6) is 0.444. The SMILES string of the molecule is CCn1ccc2cc(NC(=O)CCc3nc4sc(C)c(C)c4c(=O)[nH]3)ccc21. The molecule has 144 valence electrons. The Hall–Kier alpha value is -2.93. The molecular formula is C21H22N4O2S. The van der Waals surface area contributed by atoms with Crippen LogP contribution in [-0.2, 0) is 17.8 Å². The van der Waals surface area contributed by atoms with E-state index in [1.807, 2.05) is 44.3 Å². The molecule has 0 fully saturated rings. The summed E-state index contributed by atoms with van der Waals surface area (Å²) in [5.41, 5.74) is 2.77. The highest BCUT2D eigenvalue weighted by Gasteiger charge is 2.13. The summed E-state index contributed by atoms with van der Waals surface area (Å²) >= 11 is 1.52. The van der Waals surface area contributed by atoms with Crippen LogP contribution in [-0.4, -0.2) is 20.4 Å². The summed E-state index contributed by atoms with van der Waals surface area (Å²) < 4.78 is 2.16. The molecule has 28 heavy (non-hydrogen) atoms. The summed E-state index contributed by atoms with van der Waals surface area (Å²) in [6.45, 7) is 6.93. The van der Waals surface area contributed by atoms with Crippen molar-refractivity contribution in [2.75, 3.05) is 5.32 Å². The molecule has 0 bridgehead atoms. The molecule has 4 aromatic rings. The van der Waals surface area contributed by atoms with Crippen molar-refractivity contribution in [1.29, 1.82) is 0 Å². The number of aromatic amines is 1. The fraction of sp³-hybridized carbons (Fsp3) is 0.286. The Morgan fingerprint density at radius 2 is 2.11 bits per heavy atom. The maximum atomic E-state index is 12.4. The van der Waals surface area contributed by atoms with E-state index >= 15 is 0 Å². The lowest BCUT2D eigenvalue weighted by atomic mass is 10.2. The monoisotopic (exact) mass is 394 g/mol. The van der Waals surface area contributed by atoms with E-state index in [1.54, 1.807) is 0 Å².